The number of carboxylic acid groups (broad SMARTS) is 1. The third-order valence-corrected chi connectivity index (χ3v) is 5.36. The van der Waals surface area contributed by atoms with Gasteiger partial charge in [0.2, 0.25) is 0 Å². The summed E-state index contributed by atoms with van der Waals surface area (Å²) in [4.78, 5) is 23.2. The maximum Gasteiger partial charge on any atom is 0.407 e. The maximum atomic E-state index is 12.3. The fourth-order valence-corrected chi connectivity index (χ4v) is 3.65. The van der Waals surface area contributed by atoms with Crippen molar-refractivity contribution in [2.45, 2.75) is 38.6 Å². The number of nitrogens with one attached hydrogen (secondary N) is 1. The second kappa shape index (κ2) is 8.25. The van der Waals surface area contributed by atoms with Crippen LogP contribution >= 0.6 is 0 Å². The van der Waals surface area contributed by atoms with Gasteiger partial charge in [0.15, 0.2) is 0 Å². The molecule has 2 atom stereocenters. The van der Waals surface area contributed by atoms with E-state index < -0.39 is 18.1 Å². The van der Waals surface area contributed by atoms with Crippen molar-refractivity contribution < 1.29 is 19.4 Å². The van der Waals surface area contributed by atoms with Crippen LogP contribution in [0.3, 0.4) is 0 Å². The van der Waals surface area contributed by atoms with Gasteiger partial charge in [-0.3, -0.25) is 0 Å². The minimum absolute atomic E-state index is 0.0170. The van der Waals surface area contributed by atoms with Gasteiger partial charge in [-0.2, -0.15) is 0 Å². The van der Waals surface area contributed by atoms with Crippen molar-refractivity contribution in [3.63, 3.8) is 0 Å². The summed E-state index contributed by atoms with van der Waals surface area (Å²) in [6.45, 7) is 4.06. The third-order valence-electron chi connectivity index (χ3n) is 5.36. The Kier molecular flexibility index (Phi) is 5.79. The first kappa shape index (κ1) is 19.0. The summed E-state index contributed by atoms with van der Waals surface area (Å²) in [5, 5.41) is 13.6. The van der Waals surface area contributed by atoms with Gasteiger partial charge in [-0.15, -0.1) is 0 Å². The lowest BCUT2D eigenvalue weighted by molar-refractivity contribution is -0.306. The zero-order chi connectivity index (χ0) is 19.4. The topological polar surface area (TPSA) is 78.5 Å². The summed E-state index contributed by atoms with van der Waals surface area (Å²) in [6, 6.07) is 15.7. The molecule has 0 heterocycles. The van der Waals surface area contributed by atoms with E-state index in [-0.39, 0.29) is 24.9 Å². The molecule has 2 aromatic rings. The molecule has 3 rings (SSSR count). The number of rotatable bonds is 7. The van der Waals surface area contributed by atoms with Crippen LogP contribution < -0.4 is 10.4 Å². The van der Waals surface area contributed by atoms with Crippen LogP contribution in [0.4, 0.5) is 4.79 Å². The Bertz CT molecular complexity index is 787. The van der Waals surface area contributed by atoms with E-state index in [0.29, 0.717) is 0 Å². The number of carbonyl (C=O) groups excluding carboxylic acids is 2. The monoisotopic (exact) mass is 366 g/mol. The minimum atomic E-state index is -1.18. The fourth-order valence-electron chi connectivity index (χ4n) is 3.65. The third kappa shape index (κ3) is 4.13. The number of ether oxygens (including phenoxy) is 1. The van der Waals surface area contributed by atoms with Gasteiger partial charge in [-0.25, -0.2) is 4.79 Å². The van der Waals surface area contributed by atoms with Crippen molar-refractivity contribution in [2.24, 2.45) is 5.92 Å². The predicted octanol–water partition coefficient (Wildman–Crippen LogP) is 3.08. The summed E-state index contributed by atoms with van der Waals surface area (Å²) in [6.07, 6.45) is -0.0655. The number of aliphatic carboxylic acids is 1. The van der Waals surface area contributed by atoms with Crippen LogP contribution in [0.5, 0.6) is 0 Å². The Morgan fingerprint density at radius 3 is 2.15 bits per heavy atom. The molecular weight excluding hydrogens is 342 g/mol. The second-order valence-electron chi connectivity index (χ2n) is 7.04. The lowest BCUT2D eigenvalue weighted by Gasteiger charge is -2.25. The molecule has 0 bridgehead atoms. The van der Waals surface area contributed by atoms with Gasteiger partial charge in [0.25, 0.3) is 0 Å². The van der Waals surface area contributed by atoms with Gasteiger partial charge in [0.1, 0.15) is 6.61 Å². The van der Waals surface area contributed by atoms with Crippen molar-refractivity contribution in [1.82, 2.24) is 5.32 Å². The first-order valence-electron chi connectivity index (χ1n) is 9.32. The predicted molar refractivity (Wildman–Crippen MR) is 101 cm³/mol. The van der Waals surface area contributed by atoms with Crippen LogP contribution in [-0.4, -0.2) is 24.7 Å². The standard InChI is InChI=1S/C22H25NO4/c1-3-14(2)20(12-21(24)25)23-22(26)27-13-19-17-10-6-4-8-15(17)16-9-5-7-11-18(16)19/h4-11,14,19-20H,3,12-13H2,1-2H3,(H,23,26)(H,24,25)/p-1/t14-,20-/m1/s1. The highest BCUT2D eigenvalue weighted by atomic mass is 16.5. The SMILES string of the molecule is CC[C@@H](C)[C@@H](CC(=O)[O-])NC(=O)OCC1c2ccccc2-c2ccccc21. The minimum Gasteiger partial charge on any atom is -0.550 e. The Hall–Kier alpha value is -2.82. The quantitative estimate of drug-likeness (QED) is 0.817. The van der Waals surface area contributed by atoms with E-state index in [1.165, 1.54) is 0 Å². The molecule has 0 fully saturated rings. The Labute approximate surface area is 159 Å². The molecule has 1 N–H and O–H groups in total. The summed E-state index contributed by atoms with van der Waals surface area (Å²) in [5.74, 6) is -1.19. The van der Waals surface area contributed by atoms with Crippen LogP contribution in [0.15, 0.2) is 48.5 Å². The van der Waals surface area contributed by atoms with E-state index >= 15 is 0 Å². The second-order valence-corrected chi connectivity index (χ2v) is 7.04. The molecule has 0 unspecified atom stereocenters. The van der Waals surface area contributed by atoms with Crippen LogP contribution in [-0.2, 0) is 9.53 Å². The molecule has 1 aliphatic rings. The largest absolute Gasteiger partial charge is 0.550 e. The number of benzene rings is 2. The molecule has 27 heavy (non-hydrogen) atoms. The van der Waals surface area contributed by atoms with Crippen molar-refractivity contribution in [1.29, 1.82) is 0 Å². The van der Waals surface area contributed by atoms with E-state index in [2.05, 4.69) is 29.6 Å². The average Bonchev–Trinajstić information content (AvgIpc) is 2.99. The van der Waals surface area contributed by atoms with Crippen LogP contribution in [0.1, 0.15) is 43.7 Å². The molecule has 1 amide bonds. The van der Waals surface area contributed by atoms with Crippen LogP contribution in [0.2, 0.25) is 0 Å². The zero-order valence-electron chi connectivity index (χ0n) is 15.6. The molecule has 0 aliphatic heterocycles. The van der Waals surface area contributed by atoms with Gasteiger partial charge in [0, 0.05) is 24.3 Å². The normalized spacial score (nSPS) is 14.7. The number of hydrogen-bond donors (Lipinski definition) is 1. The number of fused-ring (bicyclic) bond motifs is 3. The number of carbonyl (C=O) groups is 2. The van der Waals surface area contributed by atoms with E-state index in [4.69, 9.17) is 4.74 Å². The molecule has 0 aromatic heterocycles. The molecule has 2 aromatic carbocycles. The summed E-state index contributed by atoms with van der Waals surface area (Å²) >= 11 is 0. The van der Waals surface area contributed by atoms with Gasteiger partial charge in [0.05, 0.1) is 0 Å². The van der Waals surface area contributed by atoms with E-state index in [1.807, 2.05) is 38.1 Å². The lowest BCUT2D eigenvalue weighted by Crippen LogP contribution is -2.43. The van der Waals surface area contributed by atoms with Gasteiger partial charge >= 0.3 is 6.09 Å². The molecule has 5 heteroatoms. The lowest BCUT2D eigenvalue weighted by atomic mass is 9.96. The van der Waals surface area contributed by atoms with E-state index in [9.17, 15) is 14.7 Å². The van der Waals surface area contributed by atoms with Crippen molar-refractivity contribution in [3.05, 3.63) is 59.7 Å². The zero-order valence-corrected chi connectivity index (χ0v) is 15.6. The Morgan fingerprint density at radius 2 is 1.63 bits per heavy atom. The molecule has 0 spiro atoms. The number of amides is 1. The molecule has 0 saturated carbocycles. The molecular formula is C22H24NO4-. The number of alkyl carbamates (subject to hydrolysis) is 1. The summed E-state index contributed by atoms with van der Waals surface area (Å²) in [7, 11) is 0. The van der Waals surface area contributed by atoms with Crippen molar-refractivity contribution in [3.8, 4) is 11.1 Å². The highest BCUT2D eigenvalue weighted by Gasteiger charge is 2.29. The fraction of sp³-hybridized carbons (Fsp3) is 0.364. The molecule has 5 nitrogen and oxygen atoms in total. The summed E-state index contributed by atoms with van der Waals surface area (Å²) in [5.41, 5.74) is 4.60. The van der Waals surface area contributed by atoms with Crippen molar-refractivity contribution in [2.75, 3.05) is 6.61 Å². The van der Waals surface area contributed by atoms with Crippen LogP contribution in [0.25, 0.3) is 11.1 Å². The van der Waals surface area contributed by atoms with Gasteiger partial charge in [-0.05, 0) is 28.2 Å². The smallest absolute Gasteiger partial charge is 0.407 e. The number of hydrogen-bond acceptors (Lipinski definition) is 4. The highest BCUT2D eigenvalue weighted by Crippen LogP contribution is 2.44. The van der Waals surface area contributed by atoms with Crippen LogP contribution in [0, 0.1) is 5.92 Å². The molecule has 0 saturated heterocycles. The molecule has 1 aliphatic carbocycles. The Balaban J connectivity index is 1.69. The van der Waals surface area contributed by atoms with E-state index in [1.54, 1.807) is 0 Å². The van der Waals surface area contributed by atoms with Crippen molar-refractivity contribution >= 4 is 12.1 Å². The Morgan fingerprint density at radius 1 is 1.07 bits per heavy atom. The highest BCUT2D eigenvalue weighted by molar-refractivity contribution is 5.79. The number of carboxylic acids is 1. The molecule has 0 radical (unpaired) electrons. The first-order valence-corrected chi connectivity index (χ1v) is 9.32. The maximum absolute atomic E-state index is 12.3. The molecule has 142 valence electrons. The van der Waals surface area contributed by atoms with Gasteiger partial charge < -0.3 is 20.0 Å². The van der Waals surface area contributed by atoms with Gasteiger partial charge in [-0.1, -0.05) is 68.8 Å². The summed E-state index contributed by atoms with van der Waals surface area (Å²) < 4.78 is 5.48. The average molecular weight is 366 g/mol. The first-order chi connectivity index (χ1) is 13.0. The van der Waals surface area contributed by atoms with E-state index in [0.717, 1.165) is 28.7 Å².